The van der Waals surface area contributed by atoms with E-state index in [1.165, 1.54) is 21.5 Å². The first-order valence-corrected chi connectivity index (χ1v) is 20.1. The Labute approximate surface area is 340 Å². The molecule has 59 heavy (non-hydrogen) atoms. The molecule has 0 saturated carbocycles. The average Bonchev–Trinajstić information content (AvgIpc) is 3.88. The maximum absolute atomic E-state index is 6.49. The summed E-state index contributed by atoms with van der Waals surface area (Å²) in [6, 6.07) is 75.8. The summed E-state index contributed by atoms with van der Waals surface area (Å²) >= 11 is 0. The van der Waals surface area contributed by atoms with Crippen LogP contribution in [0.4, 0.5) is 17.1 Å². The van der Waals surface area contributed by atoms with Gasteiger partial charge in [-0.15, -0.1) is 0 Å². The minimum Gasteiger partial charge on any atom is -0.456 e. The average molecular weight is 754 g/mol. The molecule has 12 aromatic rings. The molecule has 3 heteroatoms. The lowest BCUT2D eigenvalue weighted by Gasteiger charge is -2.26. The lowest BCUT2D eigenvalue weighted by molar-refractivity contribution is 0.669. The third kappa shape index (κ3) is 5.51. The highest BCUT2D eigenvalue weighted by atomic mass is 16.3. The molecule has 0 radical (unpaired) electrons. The Balaban J connectivity index is 0.954. The van der Waals surface area contributed by atoms with Gasteiger partial charge in [0.1, 0.15) is 22.3 Å². The van der Waals surface area contributed by atoms with Crippen LogP contribution in [0.1, 0.15) is 0 Å². The van der Waals surface area contributed by atoms with Crippen molar-refractivity contribution in [2.75, 3.05) is 4.90 Å². The SMILES string of the molecule is c1ccc(-c2cccc3c2oc2ccc(-c4ccc(N(c5ccc(-c6cccc7oc8ccccc8c67)cc5)c5ccc6c(ccc7ccccc76)c5)cc4)cc23)cc1. The van der Waals surface area contributed by atoms with Gasteiger partial charge in [-0.1, -0.05) is 152 Å². The quantitative estimate of drug-likeness (QED) is 0.158. The zero-order chi connectivity index (χ0) is 38.9. The van der Waals surface area contributed by atoms with Crippen molar-refractivity contribution in [3.8, 4) is 33.4 Å². The van der Waals surface area contributed by atoms with E-state index in [-0.39, 0.29) is 0 Å². The first-order valence-electron chi connectivity index (χ1n) is 20.1. The predicted octanol–water partition coefficient (Wildman–Crippen LogP) is 16.3. The number of furan rings is 2. The number of hydrogen-bond acceptors (Lipinski definition) is 3. The lowest BCUT2D eigenvalue weighted by atomic mass is 9.98. The fourth-order valence-corrected chi connectivity index (χ4v) is 9.02. The molecular weight excluding hydrogens is 719 g/mol. The molecule has 2 heterocycles. The number of nitrogens with zero attached hydrogens (tertiary/aromatic N) is 1. The van der Waals surface area contributed by atoms with Gasteiger partial charge in [-0.05, 0) is 110 Å². The van der Waals surface area contributed by atoms with Crippen molar-refractivity contribution in [2.45, 2.75) is 0 Å². The second-order valence-electron chi connectivity index (χ2n) is 15.3. The van der Waals surface area contributed by atoms with Crippen molar-refractivity contribution in [3.63, 3.8) is 0 Å². The summed E-state index contributed by atoms with van der Waals surface area (Å²) in [7, 11) is 0. The van der Waals surface area contributed by atoms with E-state index in [0.29, 0.717) is 0 Å². The number of fused-ring (bicyclic) bond motifs is 9. The van der Waals surface area contributed by atoms with Gasteiger partial charge in [0.2, 0.25) is 0 Å². The Morgan fingerprint density at radius 3 is 1.73 bits per heavy atom. The molecule has 0 saturated heterocycles. The first kappa shape index (κ1) is 33.3. The molecule has 0 unspecified atom stereocenters. The van der Waals surface area contributed by atoms with Crippen LogP contribution in [-0.2, 0) is 0 Å². The molecule has 0 aliphatic rings. The Morgan fingerprint density at radius 2 is 0.881 bits per heavy atom. The molecule has 0 aliphatic carbocycles. The number of rotatable bonds is 6. The van der Waals surface area contributed by atoms with Gasteiger partial charge in [0.05, 0.1) is 0 Å². The van der Waals surface area contributed by atoms with Crippen molar-refractivity contribution < 1.29 is 8.83 Å². The van der Waals surface area contributed by atoms with Crippen molar-refractivity contribution in [1.82, 2.24) is 0 Å². The third-order valence-electron chi connectivity index (χ3n) is 11.9. The summed E-state index contributed by atoms with van der Waals surface area (Å²) in [5, 5.41) is 9.46. The summed E-state index contributed by atoms with van der Waals surface area (Å²) in [5.74, 6) is 0. The molecule has 2 aromatic heterocycles. The molecule has 0 amide bonds. The van der Waals surface area contributed by atoms with Crippen molar-refractivity contribution >= 4 is 82.5 Å². The van der Waals surface area contributed by atoms with Crippen LogP contribution in [0.2, 0.25) is 0 Å². The van der Waals surface area contributed by atoms with Crippen molar-refractivity contribution in [3.05, 3.63) is 212 Å². The van der Waals surface area contributed by atoms with Crippen LogP contribution in [0.3, 0.4) is 0 Å². The van der Waals surface area contributed by atoms with E-state index in [2.05, 4.69) is 199 Å². The molecule has 0 fully saturated rings. The molecule has 10 aromatic carbocycles. The fraction of sp³-hybridized carbons (Fsp3) is 0. The molecule has 0 spiro atoms. The van der Waals surface area contributed by atoms with Crippen LogP contribution >= 0.6 is 0 Å². The summed E-state index contributed by atoms with van der Waals surface area (Å²) in [6.07, 6.45) is 0. The molecule has 0 atom stereocenters. The minimum atomic E-state index is 0.889. The highest BCUT2D eigenvalue weighted by Crippen LogP contribution is 2.42. The zero-order valence-corrected chi connectivity index (χ0v) is 32.0. The highest BCUT2D eigenvalue weighted by molar-refractivity contribution is 6.13. The lowest BCUT2D eigenvalue weighted by Crippen LogP contribution is -2.09. The predicted molar refractivity (Wildman–Crippen MR) is 247 cm³/mol. The minimum absolute atomic E-state index is 0.889. The Hall–Kier alpha value is -7.88. The number of benzene rings is 10. The van der Waals surface area contributed by atoms with E-state index in [0.717, 1.165) is 94.3 Å². The maximum Gasteiger partial charge on any atom is 0.143 e. The molecular formula is C56H35NO2. The summed E-state index contributed by atoms with van der Waals surface area (Å²) in [6.45, 7) is 0. The molecule has 12 rings (SSSR count). The summed E-state index contributed by atoms with van der Waals surface area (Å²) < 4.78 is 12.7. The zero-order valence-electron chi connectivity index (χ0n) is 32.0. The van der Waals surface area contributed by atoms with Gasteiger partial charge >= 0.3 is 0 Å². The Bertz CT molecular complexity index is 3540. The van der Waals surface area contributed by atoms with Gasteiger partial charge < -0.3 is 13.7 Å². The van der Waals surface area contributed by atoms with Crippen LogP contribution in [0.5, 0.6) is 0 Å². The highest BCUT2D eigenvalue weighted by Gasteiger charge is 2.18. The molecule has 0 N–H and O–H groups in total. The summed E-state index contributed by atoms with van der Waals surface area (Å²) in [4.78, 5) is 2.36. The van der Waals surface area contributed by atoms with Gasteiger partial charge in [0.25, 0.3) is 0 Å². The van der Waals surface area contributed by atoms with Crippen molar-refractivity contribution in [1.29, 1.82) is 0 Å². The van der Waals surface area contributed by atoms with Crippen LogP contribution in [0.25, 0.3) is 98.8 Å². The molecule has 276 valence electrons. The fourth-order valence-electron chi connectivity index (χ4n) is 9.02. The van der Waals surface area contributed by atoms with E-state index in [9.17, 15) is 0 Å². The topological polar surface area (TPSA) is 29.5 Å². The van der Waals surface area contributed by atoms with Gasteiger partial charge in [0.15, 0.2) is 0 Å². The van der Waals surface area contributed by atoms with E-state index in [1.807, 2.05) is 18.2 Å². The number of para-hydroxylation sites is 2. The number of anilines is 3. The van der Waals surface area contributed by atoms with E-state index in [4.69, 9.17) is 8.83 Å². The molecule has 3 nitrogen and oxygen atoms in total. The Kier molecular flexibility index (Phi) is 7.54. The molecule has 0 aliphatic heterocycles. The van der Waals surface area contributed by atoms with Crippen molar-refractivity contribution in [2.24, 2.45) is 0 Å². The largest absolute Gasteiger partial charge is 0.456 e. The molecule has 0 bridgehead atoms. The van der Waals surface area contributed by atoms with Crippen LogP contribution in [0.15, 0.2) is 221 Å². The van der Waals surface area contributed by atoms with Gasteiger partial charge in [-0.25, -0.2) is 0 Å². The Morgan fingerprint density at radius 1 is 0.288 bits per heavy atom. The van der Waals surface area contributed by atoms with Gasteiger partial charge in [-0.2, -0.15) is 0 Å². The number of hydrogen-bond donors (Lipinski definition) is 0. The van der Waals surface area contributed by atoms with Crippen LogP contribution in [0, 0.1) is 0 Å². The van der Waals surface area contributed by atoms with Gasteiger partial charge in [0, 0.05) is 44.2 Å². The second kappa shape index (κ2) is 13.4. The smallest absolute Gasteiger partial charge is 0.143 e. The summed E-state index contributed by atoms with van der Waals surface area (Å²) in [5.41, 5.74) is 13.7. The first-order chi connectivity index (χ1) is 29.2. The second-order valence-corrected chi connectivity index (χ2v) is 15.3. The van der Waals surface area contributed by atoms with Crippen LogP contribution < -0.4 is 4.90 Å². The van der Waals surface area contributed by atoms with E-state index in [1.54, 1.807) is 0 Å². The van der Waals surface area contributed by atoms with E-state index < -0.39 is 0 Å². The standard InChI is InChI=1S/C56H35NO2/c1-2-10-37(11-3-1)48-16-8-17-49-51-35-40(26-33-53(51)59-56(48)49)36-22-27-42(28-23-36)57(44-31-32-46-41(34-44)21-20-38-12-4-5-13-45(38)46)43-29-24-39(25-30-43)47-15-9-19-54-55(47)50-14-6-7-18-52(50)58-54/h1-35H. The normalized spacial score (nSPS) is 11.7. The van der Waals surface area contributed by atoms with Crippen LogP contribution in [-0.4, -0.2) is 0 Å². The monoisotopic (exact) mass is 753 g/mol. The maximum atomic E-state index is 6.49. The van der Waals surface area contributed by atoms with Gasteiger partial charge in [-0.3, -0.25) is 0 Å². The third-order valence-corrected chi connectivity index (χ3v) is 11.9. The van der Waals surface area contributed by atoms with E-state index >= 15 is 0 Å².